The lowest BCUT2D eigenvalue weighted by Gasteiger charge is -2.16. The van der Waals surface area contributed by atoms with Crippen LogP contribution >= 0.6 is 0 Å². The summed E-state index contributed by atoms with van der Waals surface area (Å²) in [6.45, 7) is 0. The summed E-state index contributed by atoms with van der Waals surface area (Å²) >= 11 is 0. The summed E-state index contributed by atoms with van der Waals surface area (Å²) in [5.41, 5.74) is 2.65. The smallest absolute Gasteiger partial charge is 0.141 e. The molecule has 1 aromatic heterocycles. The van der Waals surface area contributed by atoms with Crippen molar-refractivity contribution in [3.8, 4) is 0 Å². The van der Waals surface area contributed by atoms with E-state index in [1.54, 1.807) is 0 Å². The van der Waals surface area contributed by atoms with Crippen molar-refractivity contribution in [1.29, 1.82) is 0 Å². The standard InChI is InChI=1S/C17H19N3/c1-18-15-11-14(12-7-8-12)19-16(20-15)17(9-10-17)13-5-3-2-4-6-13/h2-6,11-12H,7-10H2,1H3,(H,18,19,20). The Balaban J connectivity index is 1.80. The van der Waals surface area contributed by atoms with Crippen molar-refractivity contribution in [3.05, 3.63) is 53.5 Å². The van der Waals surface area contributed by atoms with Gasteiger partial charge < -0.3 is 5.32 Å². The minimum absolute atomic E-state index is 0.0672. The van der Waals surface area contributed by atoms with Crippen molar-refractivity contribution in [3.63, 3.8) is 0 Å². The number of aromatic nitrogens is 2. The summed E-state index contributed by atoms with van der Waals surface area (Å²) in [5.74, 6) is 2.63. The highest BCUT2D eigenvalue weighted by molar-refractivity contribution is 5.44. The zero-order chi connectivity index (χ0) is 13.6. The highest BCUT2D eigenvalue weighted by Gasteiger charge is 2.49. The Hall–Kier alpha value is -1.90. The maximum absolute atomic E-state index is 4.90. The Kier molecular flexibility index (Phi) is 2.56. The molecule has 0 atom stereocenters. The van der Waals surface area contributed by atoms with Crippen molar-refractivity contribution in [2.45, 2.75) is 37.0 Å². The number of anilines is 1. The zero-order valence-electron chi connectivity index (χ0n) is 11.8. The van der Waals surface area contributed by atoms with Gasteiger partial charge in [-0.25, -0.2) is 9.97 Å². The molecular weight excluding hydrogens is 246 g/mol. The molecule has 2 aliphatic carbocycles. The zero-order valence-corrected chi connectivity index (χ0v) is 11.8. The van der Waals surface area contributed by atoms with E-state index in [0.29, 0.717) is 5.92 Å². The SMILES string of the molecule is CNc1cc(C2CC2)nc(C2(c3ccccc3)CC2)n1. The summed E-state index contributed by atoms with van der Waals surface area (Å²) in [7, 11) is 1.94. The first-order chi connectivity index (χ1) is 9.82. The molecule has 0 unspecified atom stereocenters. The lowest BCUT2D eigenvalue weighted by molar-refractivity contribution is 0.741. The second kappa shape index (κ2) is 4.30. The number of rotatable bonds is 4. The van der Waals surface area contributed by atoms with Crippen molar-refractivity contribution in [2.24, 2.45) is 0 Å². The Morgan fingerprint density at radius 3 is 2.45 bits per heavy atom. The molecule has 102 valence electrons. The first kappa shape index (κ1) is 11.9. The van der Waals surface area contributed by atoms with Crippen LogP contribution in [0, 0.1) is 0 Å². The van der Waals surface area contributed by atoms with Gasteiger partial charge in [0.15, 0.2) is 0 Å². The van der Waals surface area contributed by atoms with E-state index in [0.717, 1.165) is 24.5 Å². The third kappa shape index (κ3) is 1.89. The van der Waals surface area contributed by atoms with E-state index in [1.165, 1.54) is 24.1 Å². The van der Waals surface area contributed by atoms with Gasteiger partial charge in [-0.1, -0.05) is 30.3 Å². The van der Waals surface area contributed by atoms with Crippen LogP contribution in [0.2, 0.25) is 0 Å². The van der Waals surface area contributed by atoms with Gasteiger partial charge >= 0.3 is 0 Å². The largest absolute Gasteiger partial charge is 0.373 e. The molecular formula is C17H19N3. The molecule has 1 N–H and O–H groups in total. The Bertz CT molecular complexity index is 628. The molecule has 2 saturated carbocycles. The van der Waals surface area contributed by atoms with E-state index >= 15 is 0 Å². The van der Waals surface area contributed by atoms with Crippen LogP contribution in [0.1, 0.15) is 48.7 Å². The van der Waals surface area contributed by atoms with Gasteiger partial charge in [0.1, 0.15) is 11.6 Å². The van der Waals surface area contributed by atoms with Gasteiger partial charge in [-0.05, 0) is 31.2 Å². The van der Waals surface area contributed by atoms with Gasteiger partial charge in [0.2, 0.25) is 0 Å². The lowest BCUT2D eigenvalue weighted by atomic mass is 9.95. The van der Waals surface area contributed by atoms with E-state index in [2.05, 4.69) is 41.7 Å². The van der Waals surface area contributed by atoms with Crippen LogP contribution < -0.4 is 5.32 Å². The topological polar surface area (TPSA) is 37.8 Å². The highest BCUT2D eigenvalue weighted by Crippen LogP contribution is 2.53. The quantitative estimate of drug-likeness (QED) is 0.919. The fraction of sp³-hybridized carbons (Fsp3) is 0.412. The first-order valence-corrected chi connectivity index (χ1v) is 7.44. The summed E-state index contributed by atoms with van der Waals surface area (Å²) in [6.07, 6.45) is 4.87. The minimum Gasteiger partial charge on any atom is -0.373 e. The molecule has 0 aliphatic heterocycles. The van der Waals surface area contributed by atoms with Crippen LogP contribution in [0.4, 0.5) is 5.82 Å². The third-order valence-corrected chi connectivity index (χ3v) is 4.50. The molecule has 2 aromatic rings. The number of nitrogens with one attached hydrogen (secondary N) is 1. The van der Waals surface area contributed by atoms with Gasteiger partial charge in [-0.2, -0.15) is 0 Å². The van der Waals surface area contributed by atoms with Crippen molar-refractivity contribution in [1.82, 2.24) is 9.97 Å². The fourth-order valence-corrected chi connectivity index (χ4v) is 2.92. The van der Waals surface area contributed by atoms with Gasteiger partial charge in [-0.3, -0.25) is 0 Å². The molecule has 1 aromatic carbocycles. The number of hydrogen-bond donors (Lipinski definition) is 1. The van der Waals surface area contributed by atoms with Crippen LogP contribution in [-0.2, 0) is 5.41 Å². The van der Waals surface area contributed by atoms with E-state index in [1.807, 2.05) is 7.05 Å². The molecule has 4 rings (SSSR count). The van der Waals surface area contributed by atoms with Crippen molar-refractivity contribution < 1.29 is 0 Å². The molecule has 0 radical (unpaired) electrons. The number of benzene rings is 1. The Morgan fingerprint density at radius 2 is 1.85 bits per heavy atom. The van der Waals surface area contributed by atoms with Crippen LogP contribution in [-0.4, -0.2) is 17.0 Å². The molecule has 20 heavy (non-hydrogen) atoms. The average Bonchev–Trinajstić information content (AvgIpc) is 3.41. The minimum atomic E-state index is 0.0672. The van der Waals surface area contributed by atoms with E-state index in [4.69, 9.17) is 9.97 Å². The highest BCUT2D eigenvalue weighted by atomic mass is 15.0. The van der Waals surface area contributed by atoms with Crippen LogP contribution in [0.25, 0.3) is 0 Å². The first-order valence-electron chi connectivity index (χ1n) is 7.44. The van der Waals surface area contributed by atoms with E-state index in [-0.39, 0.29) is 5.41 Å². The lowest BCUT2D eigenvalue weighted by Crippen LogP contribution is -2.15. The molecule has 0 bridgehead atoms. The summed E-state index contributed by atoms with van der Waals surface area (Å²) < 4.78 is 0. The van der Waals surface area contributed by atoms with Crippen molar-refractivity contribution in [2.75, 3.05) is 12.4 Å². The molecule has 2 fully saturated rings. The fourth-order valence-electron chi connectivity index (χ4n) is 2.92. The maximum atomic E-state index is 4.90. The summed E-state index contributed by atoms with van der Waals surface area (Å²) in [6, 6.07) is 12.8. The molecule has 0 saturated heterocycles. The summed E-state index contributed by atoms with van der Waals surface area (Å²) in [5, 5.41) is 3.19. The average molecular weight is 265 g/mol. The van der Waals surface area contributed by atoms with Crippen LogP contribution in [0.15, 0.2) is 36.4 Å². The summed E-state index contributed by atoms with van der Waals surface area (Å²) in [4.78, 5) is 9.65. The molecule has 1 heterocycles. The van der Waals surface area contributed by atoms with Gasteiger partial charge in [0, 0.05) is 24.7 Å². The number of hydrogen-bond acceptors (Lipinski definition) is 3. The predicted octanol–water partition coefficient (Wildman–Crippen LogP) is 3.48. The second-order valence-corrected chi connectivity index (χ2v) is 5.97. The van der Waals surface area contributed by atoms with Gasteiger partial charge in [0.05, 0.1) is 5.41 Å². The second-order valence-electron chi connectivity index (χ2n) is 5.97. The molecule has 2 aliphatic rings. The number of nitrogens with zero attached hydrogens (tertiary/aromatic N) is 2. The van der Waals surface area contributed by atoms with Gasteiger partial charge in [-0.15, -0.1) is 0 Å². The maximum Gasteiger partial charge on any atom is 0.141 e. The van der Waals surface area contributed by atoms with E-state index < -0.39 is 0 Å². The molecule has 0 amide bonds. The normalized spacial score (nSPS) is 19.6. The van der Waals surface area contributed by atoms with E-state index in [9.17, 15) is 0 Å². The van der Waals surface area contributed by atoms with Gasteiger partial charge in [0.25, 0.3) is 0 Å². The monoisotopic (exact) mass is 265 g/mol. The molecule has 3 heteroatoms. The molecule has 3 nitrogen and oxygen atoms in total. The van der Waals surface area contributed by atoms with Crippen molar-refractivity contribution >= 4 is 5.82 Å². The Labute approximate surface area is 119 Å². The third-order valence-electron chi connectivity index (χ3n) is 4.50. The molecule has 0 spiro atoms. The predicted molar refractivity (Wildman–Crippen MR) is 80.0 cm³/mol. The van der Waals surface area contributed by atoms with Crippen LogP contribution in [0.5, 0.6) is 0 Å². The Morgan fingerprint density at radius 1 is 1.10 bits per heavy atom. The van der Waals surface area contributed by atoms with Crippen LogP contribution in [0.3, 0.4) is 0 Å².